The number of anilines is 2. The maximum absolute atomic E-state index is 11.8. The third-order valence-electron chi connectivity index (χ3n) is 5.58. The molecule has 1 aromatic heterocycles. The van der Waals surface area contributed by atoms with Crippen LogP contribution in [0.3, 0.4) is 0 Å². The lowest BCUT2D eigenvalue weighted by atomic mass is 10.0. The van der Waals surface area contributed by atoms with E-state index in [9.17, 15) is 19.5 Å². The summed E-state index contributed by atoms with van der Waals surface area (Å²) in [5.74, 6) is -0.304. The molecule has 0 saturated carbocycles. The molecule has 3 N–H and O–H groups in total. The lowest BCUT2D eigenvalue weighted by Gasteiger charge is -2.33. The third kappa shape index (κ3) is 6.91. The van der Waals surface area contributed by atoms with Crippen LogP contribution < -0.4 is 15.5 Å². The summed E-state index contributed by atoms with van der Waals surface area (Å²) in [6.45, 7) is 7.03. The van der Waals surface area contributed by atoms with Gasteiger partial charge in [0.15, 0.2) is 5.13 Å². The molecule has 0 aliphatic carbocycles. The van der Waals surface area contributed by atoms with Crippen LogP contribution in [0.4, 0.5) is 15.6 Å². The van der Waals surface area contributed by atoms with Gasteiger partial charge >= 0.3 is 6.09 Å². The molecule has 0 bridgehead atoms. The molecule has 36 heavy (non-hydrogen) atoms. The van der Waals surface area contributed by atoms with Gasteiger partial charge in [-0.1, -0.05) is 24.3 Å². The first-order chi connectivity index (χ1) is 17.0. The van der Waals surface area contributed by atoms with Gasteiger partial charge in [0.05, 0.1) is 5.69 Å². The number of hydrogen-bond acceptors (Lipinski definition) is 5. The highest BCUT2D eigenvalue weighted by molar-refractivity contribution is 7.15. The number of hydrogen-bond donors (Lipinski definition) is 3. The molecule has 0 radical (unpaired) electrons. The second kappa shape index (κ2) is 11.3. The topological polar surface area (TPSA) is 112 Å². The molecular weight excluding hydrogens is 476 g/mol. The minimum absolute atomic E-state index is 0.132. The van der Waals surface area contributed by atoms with Gasteiger partial charge in [0.1, 0.15) is 0 Å². The van der Waals surface area contributed by atoms with Crippen molar-refractivity contribution in [1.82, 2.24) is 10.3 Å². The molecule has 0 unspecified atom stereocenters. The summed E-state index contributed by atoms with van der Waals surface area (Å²) >= 11 is 1.45. The Morgan fingerprint density at radius 1 is 0.972 bits per heavy atom. The van der Waals surface area contributed by atoms with E-state index in [0.717, 1.165) is 21.7 Å². The van der Waals surface area contributed by atoms with E-state index in [4.69, 9.17) is 0 Å². The van der Waals surface area contributed by atoms with Crippen molar-refractivity contribution in [2.75, 3.05) is 17.3 Å². The van der Waals surface area contributed by atoms with Gasteiger partial charge in [0.2, 0.25) is 5.91 Å². The number of carbonyl (C=O) groups is 3. The van der Waals surface area contributed by atoms with Crippen LogP contribution in [-0.2, 0) is 24.1 Å². The predicted molar refractivity (Wildman–Crippen MR) is 143 cm³/mol. The molecule has 9 heteroatoms. The summed E-state index contributed by atoms with van der Waals surface area (Å²) in [6, 6.07) is 15.0. The Bertz CT molecular complexity index is 1230. The summed E-state index contributed by atoms with van der Waals surface area (Å²) in [5, 5.41) is 15.6. The van der Waals surface area contributed by atoms with E-state index in [-0.39, 0.29) is 11.8 Å². The van der Waals surface area contributed by atoms with Crippen molar-refractivity contribution in [3.8, 4) is 0 Å². The fraction of sp³-hybridized carbons (Fsp3) is 0.333. The highest BCUT2D eigenvalue weighted by Gasteiger charge is 2.27. The van der Waals surface area contributed by atoms with Crippen molar-refractivity contribution >= 4 is 40.1 Å². The minimum atomic E-state index is -0.990. The van der Waals surface area contributed by atoms with Gasteiger partial charge in [0, 0.05) is 42.1 Å². The van der Waals surface area contributed by atoms with Crippen LogP contribution in [0.5, 0.6) is 0 Å². The number of amides is 3. The molecule has 0 atom stereocenters. The molecule has 2 aromatic carbocycles. The van der Waals surface area contributed by atoms with Gasteiger partial charge in [-0.05, 0) is 69.0 Å². The predicted octanol–water partition coefficient (Wildman–Crippen LogP) is 5.12. The van der Waals surface area contributed by atoms with E-state index in [1.807, 2.05) is 57.2 Å². The molecule has 3 aromatic rings. The summed E-state index contributed by atoms with van der Waals surface area (Å²) in [5.41, 5.74) is 3.68. The molecule has 0 aliphatic rings. The first kappa shape index (κ1) is 26.9. The van der Waals surface area contributed by atoms with Crippen LogP contribution in [0.15, 0.2) is 48.5 Å². The first-order valence-corrected chi connectivity index (χ1v) is 12.5. The Labute approximate surface area is 215 Å². The Morgan fingerprint density at radius 3 is 2.11 bits per heavy atom. The number of rotatable bonds is 8. The molecule has 8 nitrogen and oxygen atoms in total. The second-order valence-corrected chi connectivity index (χ2v) is 10.6. The van der Waals surface area contributed by atoms with Crippen molar-refractivity contribution in [3.05, 3.63) is 75.8 Å². The number of aryl methyl sites for hydroxylation is 2. The lowest BCUT2D eigenvalue weighted by molar-refractivity contribution is -0.114. The quantitative estimate of drug-likeness (QED) is 0.391. The van der Waals surface area contributed by atoms with Crippen LogP contribution in [-0.4, -0.2) is 40.6 Å². The molecule has 0 aliphatic heterocycles. The molecule has 190 valence electrons. The normalized spacial score (nSPS) is 11.1. The van der Waals surface area contributed by atoms with Crippen LogP contribution >= 0.6 is 11.3 Å². The monoisotopic (exact) mass is 508 g/mol. The summed E-state index contributed by atoms with van der Waals surface area (Å²) < 4.78 is 0. The molecule has 3 rings (SSSR count). The van der Waals surface area contributed by atoms with Crippen LogP contribution in [0, 0.1) is 0 Å². The van der Waals surface area contributed by atoms with E-state index < -0.39 is 11.6 Å². The second-order valence-electron chi connectivity index (χ2n) is 9.48. The maximum atomic E-state index is 11.8. The largest absolute Gasteiger partial charge is 0.465 e. The number of thiazole rings is 1. The number of aromatic nitrogens is 1. The van der Waals surface area contributed by atoms with Gasteiger partial charge in [0.25, 0.3) is 5.91 Å². The summed E-state index contributed by atoms with van der Waals surface area (Å²) in [4.78, 5) is 42.2. The molecular formula is C27H32N4O4S. The van der Waals surface area contributed by atoms with E-state index in [0.29, 0.717) is 35.6 Å². The lowest BCUT2D eigenvalue weighted by Crippen LogP contribution is -2.45. The molecule has 3 amide bonds. The number of carbonyl (C=O) groups excluding carboxylic acids is 2. The fourth-order valence-corrected chi connectivity index (χ4v) is 4.97. The van der Waals surface area contributed by atoms with Crippen molar-refractivity contribution in [2.45, 2.75) is 52.5 Å². The van der Waals surface area contributed by atoms with Gasteiger partial charge < -0.3 is 15.7 Å². The minimum Gasteiger partial charge on any atom is -0.465 e. The number of carboxylic acid groups (broad SMARTS) is 1. The molecule has 0 saturated heterocycles. The zero-order valence-electron chi connectivity index (χ0n) is 21.2. The van der Waals surface area contributed by atoms with Gasteiger partial charge in [-0.3, -0.25) is 14.5 Å². The average molecular weight is 509 g/mol. The standard InChI is InChI=1S/C27H32N4O4S/c1-17(32)29-25-30-22(23(36-25)16-19-6-11-20(12-7-19)24(33)28-5)15-10-18-8-13-21(14-9-18)31(26(34)35)27(2,3)4/h6-9,11-14H,10,15-16H2,1-5H3,(H,28,33)(H,34,35)(H,29,30,32). The SMILES string of the molecule is CNC(=O)c1ccc(Cc2sc(NC(C)=O)nc2CCc2ccc(N(C(=O)O)C(C)(C)C)cc2)cc1. The summed E-state index contributed by atoms with van der Waals surface area (Å²) in [6.07, 6.45) is 1.03. The maximum Gasteiger partial charge on any atom is 0.412 e. The van der Waals surface area contributed by atoms with Crippen molar-refractivity contribution in [2.24, 2.45) is 0 Å². The van der Waals surface area contributed by atoms with Crippen LogP contribution in [0.2, 0.25) is 0 Å². The fourth-order valence-electron chi connectivity index (χ4n) is 3.88. The van der Waals surface area contributed by atoms with E-state index >= 15 is 0 Å². The average Bonchev–Trinajstić information content (AvgIpc) is 3.17. The van der Waals surface area contributed by atoms with Crippen LogP contribution in [0.1, 0.15) is 59.8 Å². The van der Waals surface area contributed by atoms with Gasteiger partial charge in [-0.2, -0.15) is 0 Å². The molecule has 1 heterocycles. The zero-order chi connectivity index (χ0) is 26.5. The Balaban J connectivity index is 1.77. The first-order valence-electron chi connectivity index (χ1n) is 11.7. The van der Waals surface area contributed by atoms with E-state index in [1.165, 1.54) is 23.2 Å². The Kier molecular flexibility index (Phi) is 8.47. The van der Waals surface area contributed by atoms with Crippen molar-refractivity contribution in [1.29, 1.82) is 0 Å². The molecule has 0 fully saturated rings. The Hall–Kier alpha value is -3.72. The number of nitrogens with one attached hydrogen (secondary N) is 2. The van der Waals surface area contributed by atoms with Gasteiger partial charge in [-0.25, -0.2) is 9.78 Å². The summed E-state index contributed by atoms with van der Waals surface area (Å²) in [7, 11) is 1.60. The number of nitrogens with zero attached hydrogens (tertiary/aromatic N) is 2. The van der Waals surface area contributed by atoms with E-state index in [2.05, 4.69) is 15.6 Å². The highest BCUT2D eigenvalue weighted by atomic mass is 32.1. The third-order valence-corrected chi connectivity index (χ3v) is 6.59. The Morgan fingerprint density at radius 2 is 1.58 bits per heavy atom. The van der Waals surface area contributed by atoms with Gasteiger partial charge in [-0.15, -0.1) is 11.3 Å². The molecule has 0 spiro atoms. The highest BCUT2D eigenvalue weighted by Crippen LogP contribution is 2.28. The van der Waals surface area contributed by atoms with E-state index in [1.54, 1.807) is 19.2 Å². The smallest absolute Gasteiger partial charge is 0.412 e. The van der Waals surface area contributed by atoms with Crippen molar-refractivity contribution in [3.63, 3.8) is 0 Å². The zero-order valence-corrected chi connectivity index (χ0v) is 22.0. The van der Waals surface area contributed by atoms with Crippen molar-refractivity contribution < 1.29 is 19.5 Å². The number of benzene rings is 2. The van der Waals surface area contributed by atoms with Crippen LogP contribution in [0.25, 0.3) is 0 Å².